The topological polar surface area (TPSA) is 38.5 Å². The quantitative estimate of drug-likeness (QED) is 0.772. The first-order chi connectivity index (χ1) is 7.04. The van der Waals surface area contributed by atoms with E-state index in [-0.39, 0.29) is 0 Å². The van der Waals surface area contributed by atoms with Crippen molar-refractivity contribution in [3.63, 3.8) is 0 Å². The number of nitrogen functional groups attached to an aromatic ring is 1. The highest BCUT2D eigenvalue weighted by Crippen LogP contribution is 2.27. The lowest BCUT2D eigenvalue weighted by Gasteiger charge is -2.22. The summed E-state index contributed by atoms with van der Waals surface area (Å²) in [5, 5.41) is 0. The van der Waals surface area contributed by atoms with Crippen LogP contribution in [0.25, 0.3) is 0 Å². The van der Waals surface area contributed by atoms with E-state index >= 15 is 0 Å². The van der Waals surface area contributed by atoms with Crippen molar-refractivity contribution in [3.8, 4) is 5.75 Å². The molecule has 1 aromatic carbocycles. The second-order valence-electron chi connectivity index (χ2n) is 4.20. The van der Waals surface area contributed by atoms with E-state index < -0.39 is 0 Å². The van der Waals surface area contributed by atoms with E-state index in [0.29, 0.717) is 11.6 Å². The van der Waals surface area contributed by atoms with Crippen LogP contribution < -0.4 is 15.4 Å². The van der Waals surface area contributed by atoms with Crippen LogP contribution in [0.3, 0.4) is 0 Å². The molecule has 1 rings (SSSR count). The zero-order valence-electron chi connectivity index (χ0n) is 9.95. The average Bonchev–Trinajstić information content (AvgIpc) is 2.17. The molecule has 0 radical (unpaired) electrons. The summed E-state index contributed by atoms with van der Waals surface area (Å²) in [5.41, 5.74) is 7.57. The van der Waals surface area contributed by atoms with Gasteiger partial charge in [-0.2, -0.15) is 0 Å². The Labute approximate surface area is 91.8 Å². The van der Waals surface area contributed by atoms with Crippen LogP contribution in [-0.4, -0.2) is 20.7 Å². The summed E-state index contributed by atoms with van der Waals surface area (Å²) in [7, 11) is 3.71. The third kappa shape index (κ3) is 3.05. The highest BCUT2D eigenvalue weighted by atomic mass is 16.5. The van der Waals surface area contributed by atoms with Gasteiger partial charge in [0.25, 0.3) is 0 Å². The van der Waals surface area contributed by atoms with Crippen molar-refractivity contribution < 1.29 is 4.74 Å². The number of anilines is 2. The Morgan fingerprint density at radius 2 is 2.07 bits per heavy atom. The monoisotopic (exact) mass is 208 g/mol. The van der Waals surface area contributed by atoms with Gasteiger partial charge in [-0.1, -0.05) is 13.8 Å². The van der Waals surface area contributed by atoms with Gasteiger partial charge in [0.2, 0.25) is 0 Å². The van der Waals surface area contributed by atoms with Gasteiger partial charge in [-0.3, -0.25) is 0 Å². The summed E-state index contributed by atoms with van der Waals surface area (Å²) in [6, 6.07) is 5.86. The maximum atomic E-state index is 5.76. The van der Waals surface area contributed by atoms with Gasteiger partial charge < -0.3 is 15.4 Å². The molecule has 0 aromatic heterocycles. The Morgan fingerprint density at radius 3 is 2.60 bits per heavy atom. The van der Waals surface area contributed by atoms with E-state index in [1.165, 1.54) is 0 Å². The maximum Gasteiger partial charge on any atom is 0.143 e. The van der Waals surface area contributed by atoms with E-state index in [0.717, 1.165) is 18.0 Å². The van der Waals surface area contributed by atoms with Crippen LogP contribution in [0.5, 0.6) is 5.75 Å². The zero-order valence-corrected chi connectivity index (χ0v) is 9.95. The third-order valence-corrected chi connectivity index (χ3v) is 2.30. The molecule has 0 aliphatic rings. The summed E-state index contributed by atoms with van der Waals surface area (Å²) in [4.78, 5) is 2.20. The van der Waals surface area contributed by atoms with Crippen LogP contribution in [0.2, 0.25) is 0 Å². The molecule has 0 saturated carbocycles. The average molecular weight is 208 g/mol. The highest BCUT2D eigenvalue weighted by molar-refractivity contribution is 5.62. The van der Waals surface area contributed by atoms with Gasteiger partial charge in [-0.05, 0) is 18.1 Å². The van der Waals surface area contributed by atoms with Gasteiger partial charge in [-0.25, -0.2) is 0 Å². The van der Waals surface area contributed by atoms with Crippen LogP contribution >= 0.6 is 0 Å². The first kappa shape index (κ1) is 11.7. The van der Waals surface area contributed by atoms with E-state index in [9.17, 15) is 0 Å². The maximum absolute atomic E-state index is 5.76. The molecule has 2 N–H and O–H groups in total. The first-order valence-electron chi connectivity index (χ1n) is 5.19. The number of hydrogen-bond acceptors (Lipinski definition) is 3. The minimum atomic E-state index is 0.638. The molecule has 0 atom stereocenters. The smallest absolute Gasteiger partial charge is 0.143 e. The van der Waals surface area contributed by atoms with Gasteiger partial charge in [0.05, 0.1) is 12.8 Å². The van der Waals surface area contributed by atoms with Crippen LogP contribution in [0.15, 0.2) is 18.2 Å². The predicted molar refractivity (Wildman–Crippen MR) is 65.5 cm³/mol. The van der Waals surface area contributed by atoms with Gasteiger partial charge in [0, 0.05) is 25.3 Å². The van der Waals surface area contributed by atoms with E-state index in [2.05, 4.69) is 25.8 Å². The van der Waals surface area contributed by atoms with Gasteiger partial charge in [0.15, 0.2) is 0 Å². The molecule has 0 aliphatic carbocycles. The van der Waals surface area contributed by atoms with Gasteiger partial charge in [-0.15, -0.1) is 0 Å². The van der Waals surface area contributed by atoms with E-state index in [1.807, 2.05) is 18.2 Å². The van der Waals surface area contributed by atoms with Crippen molar-refractivity contribution >= 4 is 11.4 Å². The fourth-order valence-corrected chi connectivity index (χ4v) is 1.59. The Hall–Kier alpha value is -1.38. The van der Waals surface area contributed by atoms with E-state index in [4.69, 9.17) is 10.5 Å². The third-order valence-electron chi connectivity index (χ3n) is 2.30. The number of methoxy groups -OCH3 is 1. The fourth-order valence-electron chi connectivity index (χ4n) is 1.59. The Balaban J connectivity index is 2.85. The molecular weight excluding hydrogens is 188 g/mol. The normalized spacial score (nSPS) is 10.5. The lowest BCUT2D eigenvalue weighted by Crippen LogP contribution is -2.22. The van der Waals surface area contributed by atoms with Crippen molar-refractivity contribution in [2.24, 2.45) is 5.92 Å². The summed E-state index contributed by atoms with van der Waals surface area (Å²) >= 11 is 0. The lowest BCUT2D eigenvalue weighted by molar-refractivity contribution is 0.417. The molecule has 0 fully saturated rings. The van der Waals surface area contributed by atoms with Crippen molar-refractivity contribution in [2.75, 3.05) is 31.3 Å². The Morgan fingerprint density at radius 1 is 1.40 bits per heavy atom. The summed E-state index contributed by atoms with van der Waals surface area (Å²) in [6.07, 6.45) is 0. The molecule has 1 aromatic rings. The molecule has 84 valence electrons. The summed E-state index contributed by atoms with van der Waals surface area (Å²) in [5.74, 6) is 1.38. The van der Waals surface area contributed by atoms with Crippen molar-refractivity contribution in [2.45, 2.75) is 13.8 Å². The highest BCUT2D eigenvalue weighted by Gasteiger charge is 2.06. The number of nitrogens with two attached hydrogens (primary N) is 1. The molecule has 0 saturated heterocycles. The van der Waals surface area contributed by atoms with Gasteiger partial charge >= 0.3 is 0 Å². The predicted octanol–water partition coefficient (Wildman–Crippen LogP) is 2.37. The van der Waals surface area contributed by atoms with Crippen LogP contribution in [0.1, 0.15) is 13.8 Å². The summed E-state index contributed by atoms with van der Waals surface area (Å²) in [6.45, 7) is 5.42. The standard InChI is InChI=1S/C12H20N2O/c1-9(2)8-14(3)10-5-6-11(13)12(7-10)15-4/h5-7,9H,8,13H2,1-4H3. The van der Waals surface area contributed by atoms with Gasteiger partial charge in [0.1, 0.15) is 5.75 Å². The molecule has 3 nitrogen and oxygen atoms in total. The molecule has 0 aliphatic heterocycles. The van der Waals surface area contributed by atoms with E-state index in [1.54, 1.807) is 7.11 Å². The molecule has 0 unspecified atom stereocenters. The van der Waals surface area contributed by atoms with Crippen molar-refractivity contribution in [3.05, 3.63) is 18.2 Å². The molecule has 3 heteroatoms. The number of benzene rings is 1. The second-order valence-corrected chi connectivity index (χ2v) is 4.20. The summed E-state index contributed by atoms with van der Waals surface area (Å²) < 4.78 is 5.19. The van der Waals surface area contributed by atoms with Crippen molar-refractivity contribution in [1.29, 1.82) is 0 Å². The minimum Gasteiger partial charge on any atom is -0.495 e. The SMILES string of the molecule is COc1cc(N(C)CC(C)C)ccc1N. The second kappa shape index (κ2) is 4.91. The molecule has 15 heavy (non-hydrogen) atoms. The molecule has 0 bridgehead atoms. The lowest BCUT2D eigenvalue weighted by atomic mass is 10.2. The number of ether oxygens (including phenoxy) is 1. The number of hydrogen-bond donors (Lipinski definition) is 1. The molecule has 0 spiro atoms. The largest absolute Gasteiger partial charge is 0.495 e. The molecular formula is C12H20N2O. The van der Waals surface area contributed by atoms with Crippen LogP contribution in [0, 0.1) is 5.92 Å². The Bertz CT molecular complexity index is 323. The number of nitrogens with zero attached hydrogens (tertiary/aromatic N) is 1. The first-order valence-corrected chi connectivity index (χ1v) is 5.19. The van der Waals surface area contributed by atoms with Crippen LogP contribution in [-0.2, 0) is 0 Å². The van der Waals surface area contributed by atoms with Crippen LogP contribution in [0.4, 0.5) is 11.4 Å². The fraction of sp³-hybridized carbons (Fsp3) is 0.500. The minimum absolute atomic E-state index is 0.638. The van der Waals surface area contributed by atoms with Crippen molar-refractivity contribution in [1.82, 2.24) is 0 Å². The molecule has 0 amide bonds. The Kier molecular flexibility index (Phi) is 3.83. The molecule has 0 heterocycles. The zero-order chi connectivity index (χ0) is 11.4. The number of rotatable bonds is 4.